The van der Waals surface area contributed by atoms with Crippen LogP contribution >= 0.6 is 24.8 Å². The van der Waals surface area contributed by atoms with Crippen molar-refractivity contribution >= 4 is 36.6 Å². The Balaban J connectivity index is 0.00000242. The number of amides is 2. The Kier molecular flexibility index (Phi) is 9.19. The second-order valence-corrected chi connectivity index (χ2v) is 5.50. The molecule has 0 bridgehead atoms. The zero-order valence-corrected chi connectivity index (χ0v) is 15.3. The summed E-state index contributed by atoms with van der Waals surface area (Å²) in [6.07, 6.45) is 3.38. The quantitative estimate of drug-likeness (QED) is 0.846. The predicted molar refractivity (Wildman–Crippen MR) is 93.1 cm³/mol. The maximum Gasteiger partial charge on any atom is 0.247 e. The third kappa shape index (κ3) is 5.37. The SMILES string of the molecule is CC(C(=O)N(C)CC(=O)N1CCNC[C@@H]1C)n1cccn1.Cl.Cl. The van der Waals surface area contributed by atoms with Crippen molar-refractivity contribution in [3.63, 3.8) is 0 Å². The fourth-order valence-corrected chi connectivity index (χ4v) is 2.53. The van der Waals surface area contributed by atoms with Gasteiger partial charge in [-0.1, -0.05) is 0 Å². The lowest BCUT2D eigenvalue weighted by atomic mass is 10.2. The van der Waals surface area contributed by atoms with Gasteiger partial charge in [-0.3, -0.25) is 14.3 Å². The van der Waals surface area contributed by atoms with Gasteiger partial charge in [0.2, 0.25) is 11.8 Å². The van der Waals surface area contributed by atoms with Gasteiger partial charge < -0.3 is 15.1 Å². The molecule has 132 valence electrons. The van der Waals surface area contributed by atoms with Crippen LogP contribution in [0.1, 0.15) is 19.9 Å². The minimum absolute atomic E-state index is 0. The molecule has 23 heavy (non-hydrogen) atoms. The number of nitrogens with one attached hydrogen (secondary N) is 1. The first-order valence-corrected chi connectivity index (χ1v) is 7.25. The molecule has 1 unspecified atom stereocenters. The van der Waals surface area contributed by atoms with Gasteiger partial charge in [-0.25, -0.2) is 0 Å². The van der Waals surface area contributed by atoms with Crippen molar-refractivity contribution in [1.82, 2.24) is 24.9 Å². The molecule has 7 nitrogen and oxygen atoms in total. The van der Waals surface area contributed by atoms with E-state index < -0.39 is 6.04 Å². The topological polar surface area (TPSA) is 70.5 Å². The normalized spacial score (nSPS) is 18.4. The molecule has 1 fully saturated rings. The average molecular weight is 366 g/mol. The van der Waals surface area contributed by atoms with E-state index in [1.807, 2.05) is 11.8 Å². The highest BCUT2D eigenvalue weighted by Crippen LogP contribution is 2.09. The van der Waals surface area contributed by atoms with Crippen molar-refractivity contribution in [2.45, 2.75) is 25.9 Å². The summed E-state index contributed by atoms with van der Waals surface area (Å²) in [7, 11) is 1.66. The van der Waals surface area contributed by atoms with E-state index in [4.69, 9.17) is 0 Å². The summed E-state index contributed by atoms with van der Waals surface area (Å²) >= 11 is 0. The minimum Gasteiger partial charge on any atom is -0.336 e. The molecule has 0 saturated carbocycles. The first-order chi connectivity index (χ1) is 10.0. The number of carbonyl (C=O) groups excluding carboxylic acids is 2. The molecule has 2 amide bonds. The highest BCUT2D eigenvalue weighted by Gasteiger charge is 2.26. The van der Waals surface area contributed by atoms with Gasteiger partial charge in [0.05, 0.1) is 6.54 Å². The number of rotatable bonds is 4. The van der Waals surface area contributed by atoms with E-state index in [-0.39, 0.29) is 49.2 Å². The highest BCUT2D eigenvalue weighted by molar-refractivity contribution is 5.86. The molecule has 0 spiro atoms. The lowest BCUT2D eigenvalue weighted by Gasteiger charge is -2.35. The number of hydrogen-bond donors (Lipinski definition) is 1. The largest absolute Gasteiger partial charge is 0.336 e. The molecule has 2 rings (SSSR count). The molecular weight excluding hydrogens is 341 g/mol. The van der Waals surface area contributed by atoms with Crippen LogP contribution in [0.15, 0.2) is 18.5 Å². The standard InChI is InChI=1S/C14H23N5O2.2ClH/c1-11-9-15-6-8-18(11)13(20)10-17(3)14(21)12(2)19-7-4-5-16-19;;/h4-5,7,11-12,15H,6,8-10H2,1-3H3;2*1H/t11-,12?;;/m0../s1. The zero-order valence-electron chi connectivity index (χ0n) is 13.6. The van der Waals surface area contributed by atoms with Crippen molar-refractivity contribution in [1.29, 1.82) is 0 Å². The molecule has 0 aliphatic carbocycles. The monoisotopic (exact) mass is 365 g/mol. The van der Waals surface area contributed by atoms with Crippen LogP contribution in [-0.4, -0.2) is 70.7 Å². The van der Waals surface area contributed by atoms with Gasteiger partial charge in [0.15, 0.2) is 0 Å². The molecule has 9 heteroatoms. The molecule has 0 radical (unpaired) electrons. The Labute approximate surface area is 149 Å². The van der Waals surface area contributed by atoms with Crippen LogP contribution in [0.2, 0.25) is 0 Å². The van der Waals surface area contributed by atoms with Gasteiger partial charge in [-0.05, 0) is 19.9 Å². The van der Waals surface area contributed by atoms with Gasteiger partial charge in [-0.2, -0.15) is 5.10 Å². The Morgan fingerprint density at radius 1 is 1.43 bits per heavy atom. The number of likely N-dealkylation sites (N-methyl/N-ethyl adjacent to an activating group) is 1. The number of carbonyl (C=O) groups is 2. The summed E-state index contributed by atoms with van der Waals surface area (Å²) in [5.41, 5.74) is 0. The molecule has 1 aliphatic rings. The van der Waals surface area contributed by atoms with Crippen LogP contribution in [-0.2, 0) is 9.59 Å². The molecule has 1 aromatic heterocycles. The van der Waals surface area contributed by atoms with Gasteiger partial charge in [-0.15, -0.1) is 24.8 Å². The average Bonchev–Trinajstić information content (AvgIpc) is 3.00. The van der Waals surface area contributed by atoms with Gasteiger partial charge in [0.1, 0.15) is 6.04 Å². The van der Waals surface area contributed by atoms with Crippen molar-refractivity contribution in [2.75, 3.05) is 33.2 Å². The number of piperazine rings is 1. The Morgan fingerprint density at radius 2 is 2.13 bits per heavy atom. The molecule has 1 N–H and O–H groups in total. The molecule has 1 aromatic rings. The zero-order chi connectivity index (χ0) is 15.4. The van der Waals surface area contributed by atoms with Crippen molar-refractivity contribution in [2.24, 2.45) is 0 Å². The van der Waals surface area contributed by atoms with E-state index in [9.17, 15) is 9.59 Å². The fourth-order valence-electron chi connectivity index (χ4n) is 2.53. The molecule has 1 aliphatic heterocycles. The lowest BCUT2D eigenvalue weighted by Crippen LogP contribution is -2.54. The van der Waals surface area contributed by atoms with Crippen LogP contribution in [0.5, 0.6) is 0 Å². The van der Waals surface area contributed by atoms with E-state index in [0.717, 1.165) is 13.1 Å². The van der Waals surface area contributed by atoms with Crippen molar-refractivity contribution in [3.8, 4) is 0 Å². The summed E-state index contributed by atoms with van der Waals surface area (Å²) in [4.78, 5) is 27.9. The molecule has 2 atom stereocenters. The first kappa shape index (κ1) is 21.7. The van der Waals surface area contributed by atoms with Crippen LogP contribution in [0.3, 0.4) is 0 Å². The Hall–Kier alpha value is -1.31. The first-order valence-electron chi connectivity index (χ1n) is 7.25. The maximum absolute atomic E-state index is 12.3. The molecular formula is C14H25Cl2N5O2. The van der Waals surface area contributed by atoms with E-state index >= 15 is 0 Å². The smallest absolute Gasteiger partial charge is 0.247 e. The summed E-state index contributed by atoms with van der Waals surface area (Å²) in [6, 6.07) is 1.54. The summed E-state index contributed by atoms with van der Waals surface area (Å²) in [5.74, 6) is -0.123. The fraction of sp³-hybridized carbons (Fsp3) is 0.643. The van der Waals surface area contributed by atoms with Crippen LogP contribution < -0.4 is 5.32 Å². The molecule has 0 aromatic carbocycles. The predicted octanol–water partition coefficient (Wildman–Crippen LogP) is 0.566. The van der Waals surface area contributed by atoms with Gasteiger partial charge in [0.25, 0.3) is 0 Å². The van der Waals surface area contributed by atoms with Crippen LogP contribution in [0, 0.1) is 0 Å². The van der Waals surface area contributed by atoms with Crippen LogP contribution in [0.4, 0.5) is 0 Å². The second-order valence-electron chi connectivity index (χ2n) is 5.50. The lowest BCUT2D eigenvalue weighted by molar-refractivity contribution is -0.142. The summed E-state index contributed by atoms with van der Waals surface area (Å²) < 4.78 is 1.59. The highest BCUT2D eigenvalue weighted by atomic mass is 35.5. The minimum atomic E-state index is -0.404. The number of nitrogens with zero attached hydrogens (tertiary/aromatic N) is 4. The molecule has 1 saturated heterocycles. The number of hydrogen-bond acceptors (Lipinski definition) is 4. The second kappa shape index (κ2) is 9.75. The van der Waals surface area contributed by atoms with Gasteiger partial charge >= 0.3 is 0 Å². The van der Waals surface area contributed by atoms with Crippen LogP contribution in [0.25, 0.3) is 0 Å². The van der Waals surface area contributed by atoms with E-state index in [1.54, 1.807) is 37.1 Å². The van der Waals surface area contributed by atoms with E-state index in [1.165, 1.54) is 4.90 Å². The Morgan fingerprint density at radius 3 is 2.70 bits per heavy atom. The third-order valence-corrected chi connectivity index (χ3v) is 3.85. The third-order valence-electron chi connectivity index (χ3n) is 3.85. The number of halogens is 2. The maximum atomic E-state index is 12.3. The van der Waals surface area contributed by atoms with E-state index in [2.05, 4.69) is 10.4 Å². The van der Waals surface area contributed by atoms with Crippen molar-refractivity contribution in [3.05, 3.63) is 18.5 Å². The van der Waals surface area contributed by atoms with Crippen molar-refractivity contribution < 1.29 is 9.59 Å². The van der Waals surface area contributed by atoms with E-state index in [0.29, 0.717) is 6.54 Å². The number of aromatic nitrogens is 2. The molecule has 2 heterocycles. The summed E-state index contributed by atoms with van der Waals surface area (Å²) in [5, 5.41) is 7.31. The summed E-state index contributed by atoms with van der Waals surface area (Å²) in [6.45, 7) is 6.19. The Bertz CT molecular complexity index is 497. The van der Waals surface area contributed by atoms with Gasteiger partial charge in [0, 0.05) is 45.1 Å².